The summed E-state index contributed by atoms with van der Waals surface area (Å²) in [7, 11) is 0. The molecule has 8 heteroatoms. The second kappa shape index (κ2) is 5.48. The molecule has 0 spiro atoms. The summed E-state index contributed by atoms with van der Waals surface area (Å²) in [6.07, 6.45) is -2.63. The van der Waals surface area contributed by atoms with Crippen LogP contribution in [0, 0.1) is 0 Å². The van der Waals surface area contributed by atoms with Crippen molar-refractivity contribution in [3.8, 4) is 0 Å². The number of carbonyl (C=O) groups is 2. The predicted octanol–water partition coefficient (Wildman–Crippen LogP) is 0.756. The molecule has 1 aromatic rings. The van der Waals surface area contributed by atoms with E-state index in [1.807, 2.05) is 0 Å². The summed E-state index contributed by atoms with van der Waals surface area (Å²) in [6, 6.07) is 1.37. The summed E-state index contributed by atoms with van der Waals surface area (Å²) in [5, 5.41) is 10.2. The van der Waals surface area contributed by atoms with Crippen LogP contribution in [-0.2, 0) is 16.0 Å². The molecule has 5 nitrogen and oxygen atoms in total. The summed E-state index contributed by atoms with van der Waals surface area (Å²) >= 11 is 0. The zero-order valence-corrected chi connectivity index (χ0v) is 8.94. The molecule has 1 aromatic heterocycles. The van der Waals surface area contributed by atoms with E-state index in [4.69, 9.17) is 5.11 Å². The van der Waals surface area contributed by atoms with E-state index in [-0.39, 0.29) is 6.42 Å². The number of rotatable bonds is 4. The number of nitrogens with one attached hydrogen (secondary N) is 1. The first-order chi connectivity index (χ1) is 8.30. The van der Waals surface area contributed by atoms with Crippen LogP contribution in [0.4, 0.5) is 13.2 Å². The summed E-state index contributed by atoms with van der Waals surface area (Å²) in [4.78, 5) is 25.1. The Balaban J connectivity index is 2.73. The highest BCUT2D eigenvalue weighted by Gasteiger charge is 2.40. The Labute approximate surface area is 99.6 Å². The number of carboxylic acids is 1. The summed E-state index contributed by atoms with van der Waals surface area (Å²) in [5.41, 5.74) is 0.410. The molecule has 1 rings (SSSR count). The van der Waals surface area contributed by atoms with E-state index in [9.17, 15) is 22.8 Å². The van der Waals surface area contributed by atoms with Gasteiger partial charge in [0, 0.05) is 18.8 Å². The zero-order valence-electron chi connectivity index (χ0n) is 8.94. The molecular weight excluding hydrogens is 253 g/mol. The zero-order chi connectivity index (χ0) is 13.8. The maximum absolute atomic E-state index is 12.0. The predicted molar refractivity (Wildman–Crippen MR) is 53.6 cm³/mol. The minimum absolute atomic E-state index is 0.273. The number of pyridine rings is 1. The molecule has 0 bridgehead atoms. The van der Waals surface area contributed by atoms with Crippen molar-refractivity contribution < 1.29 is 27.9 Å². The van der Waals surface area contributed by atoms with Gasteiger partial charge in [-0.15, -0.1) is 0 Å². The van der Waals surface area contributed by atoms with Crippen molar-refractivity contribution in [2.24, 2.45) is 0 Å². The molecular formula is C10H9F3N2O3. The van der Waals surface area contributed by atoms with Crippen LogP contribution in [0.5, 0.6) is 0 Å². The molecule has 1 atom stereocenters. The van der Waals surface area contributed by atoms with Crippen molar-refractivity contribution in [2.75, 3.05) is 0 Å². The number of aliphatic carboxylic acids is 1. The number of amides is 1. The van der Waals surface area contributed by atoms with Crippen LogP contribution in [0.15, 0.2) is 24.5 Å². The van der Waals surface area contributed by atoms with Crippen molar-refractivity contribution in [3.63, 3.8) is 0 Å². The highest BCUT2D eigenvalue weighted by atomic mass is 19.4. The number of nitrogens with zero attached hydrogens (tertiary/aromatic N) is 1. The first-order valence-corrected chi connectivity index (χ1v) is 4.80. The van der Waals surface area contributed by atoms with Crippen LogP contribution in [0.2, 0.25) is 0 Å². The normalized spacial score (nSPS) is 12.8. The number of hydrogen-bond donors (Lipinski definition) is 2. The van der Waals surface area contributed by atoms with Gasteiger partial charge in [0.05, 0.1) is 0 Å². The number of alkyl halides is 3. The third kappa shape index (κ3) is 4.04. The van der Waals surface area contributed by atoms with Gasteiger partial charge in [0.2, 0.25) is 0 Å². The highest BCUT2D eigenvalue weighted by molar-refractivity contribution is 5.87. The van der Waals surface area contributed by atoms with Crippen molar-refractivity contribution in [1.82, 2.24) is 10.3 Å². The first kappa shape index (κ1) is 13.9. The Bertz CT molecular complexity index is 434. The molecule has 1 unspecified atom stereocenters. The third-order valence-corrected chi connectivity index (χ3v) is 2.02. The van der Waals surface area contributed by atoms with Crippen LogP contribution < -0.4 is 5.32 Å². The molecule has 0 aliphatic carbocycles. The third-order valence-electron chi connectivity index (χ3n) is 2.02. The van der Waals surface area contributed by atoms with E-state index in [0.717, 1.165) is 0 Å². The lowest BCUT2D eigenvalue weighted by Crippen LogP contribution is -2.47. The molecule has 0 saturated carbocycles. The Morgan fingerprint density at radius 2 is 2.11 bits per heavy atom. The van der Waals surface area contributed by atoms with Crippen molar-refractivity contribution in [3.05, 3.63) is 30.1 Å². The van der Waals surface area contributed by atoms with E-state index in [1.165, 1.54) is 29.8 Å². The number of carbonyl (C=O) groups excluding carboxylic acids is 1. The SMILES string of the molecule is O=C(O)C(Cc1cccnc1)NC(=O)C(F)(F)F. The average Bonchev–Trinajstić information content (AvgIpc) is 2.28. The van der Waals surface area contributed by atoms with Crippen molar-refractivity contribution >= 4 is 11.9 Å². The molecule has 0 aliphatic heterocycles. The second-order valence-corrected chi connectivity index (χ2v) is 3.43. The van der Waals surface area contributed by atoms with Gasteiger partial charge in [0.1, 0.15) is 6.04 Å². The van der Waals surface area contributed by atoms with Gasteiger partial charge in [-0.3, -0.25) is 9.78 Å². The van der Waals surface area contributed by atoms with Gasteiger partial charge in [-0.05, 0) is 11.6 Å². The van der Waals surface area contributed by atoms with Crippen molar-refractivity contribution in [2.45, 2.75) is 18.6 Å². The monoisotopic (exact) mass is 262 g/mol. The van der Waals surface area contributed by atoms with Crippen LogP contribution in [0.25, 0.3) is 0 Å². The first-order valence-electron chi connectivity index (χ1n) is 4.80. The maximum atomic E-state index is 12.0. The van der Waals surface area contributed by atoms with E-state index in [1.54, 1.807) is 0 Å². The molecule has 18 heavy (non-hydrogen) atoms. The molecule has 1 heterocycles. The average molecular weight is 262 g/mol. The lowest BCUT2D eigenvalue weighted by Gasteiger charge is -2.15. The Hall–Kier alpha value is -2.12. The minimum atomic E-state index is -5.11. The van der Waals surface area contributed by atoms with E-state index in [0.29, 0.717) is 5.56 Å². The summed E-state index contributed by atoms with van der Waals surface area (Å²) in [5.74, 6) is -3.82. The van der Waals surface area contributed by atoms with E-state index in [2.05, 4.69) is 4.98 Å². The molecule has 0 radical (unpaired) electrons. The molecule has 0 aliphatic rings. The molecule has 2 N–H and O–H groups in total. The van der Waals surface area contributed by atoms with Gasteiger partial charge in [-0.2, -0.15) is 13.2 Å². The van der Waals surface area contributed by atoms with Gasteiger partial charge >= 0.3 is 18.1 Å². The molecule has 0 aromatic carbocycles. The van der Waals surface area contributed by atoms with E-state index < -0.39 is 24.1 Å². The number of hydrogen-bond acceptors (Lipinski definition) is 3. The standard InChI is InChI=1S/C10H9F3N2O3/c11-10(12,13)9(18)15-7(8(16)17)4-6-2-1-3-14-5-6/h1-3,5,7H,4H2,(H,15,18)(H,16,17). The van der Waals surface area contributed by atoms with Crippen LogP contribution in [0.1, 0.15) is 5.56 Å². The molecule has 98 valence electrons. The highest BCUT2D eigenvalue weighted by Crippen LogP contribution is 2.15. The largest absolute Gasteiger partial charge is 0.480 e. The molecule has 1 amide bonds. The van der Waals surface area contributed by atoms with Crippen molar-refractivity contribution in [1.29, 1.82) is 0 Å². The topological polar surface area (TPSA) is 79.3 Å². The number of aromatic nitrogens is 1. The Morgan fingerprint density at radius 3 is 2.56 bits per heavy atom. The fourth-order valence-electron chi connectivity index (χ4n) is 1.19. The van der Waals surface area contributed by atoms with Crippen LogP contribution >= 0.6 is 0 Å². The summed E-state index contributed by atoms with van der Waals surface area (Å²) in [6.45, 7) is 0. The lowest BCUT2D eigenvalue weighted by molar-refractivity contribution is -0.175. The minimum Gasteiger partial charge on any atom is -0.480 e. The van der Waals surface area contributed by atoms with Gasteiger partial charge in [-0.1, -0.05) is 6.07 Å². The van der Waals surface area contributed by atoms with Gasteiger partial charge in [0.15, 0.2) is 0 Å². The maximum Gasteiger partial charge on any atom is 0.471 e. The Morgan fingerprint density at radius 1 is 1.44 bits per heavy atom. The van der Waals surface area contributed by atoms with E-state index >= 15 is 0 Å². The van der Waals surface area contributed by atoms with Gasteiger partial charge in [-0.25, -0.2) is 4.79 Å². The van der Waals surface area contributed by atoms with Crippen LogP contribution in [0.3, 0.4) is 0 Å². The quantitative estimate of drug-likeness (QED) is 0.839. The second-order valence-electron chi connectivity index (χ2n) is 3.43. The van der Waals surface area contributed by atoms with Gasteiger partial charge in [0.25, 0.3) is 0 Å². The van der Waals surface area contributed by atoms with Gasteiger partial charge < -0.3 is 10.4 Å². The smallest absolute Gasteiger partial charge is 0.471 e. The fourth-order valence-corrected chi connectivity index (χ4v) is 1.19. The lowest BCUT2D eigenvalue weighted by atomic mass is 10.1. The number of carboxylic acid groups (broad SMARTS) is 1. The fraction of sp³-hybridized carbons (Fsp3) is 0.300. The molecule has 0 saturated heterocycles. The summed E-state index contributed by atoms with van der Waals surface area (Å²) < 4.78 is 36.0. The number of halogens is 3. The molecule has 0 fully saturated rings. The Kier molecular flexibility index (Phi) is 4.24. The van der Waals surface area contributed by atoms with Crippen LogP contribution in [-0.4, -0.2) is 34.2 Å².